The van der Waals surface area contributed by atoms with Gasteiger partial charge in [0.05, 0.1) is 12.6 Å². The molecule has 0 radical (unpaired) electrons. The quantitative estimate of drug-likeness (QED) is 0.756. The summed E-state index contributed by atoms with van der Waals surface area (Å²) in [6, 6.07) is 3.83. The van der Waals surface area contributed by atoms with Crippen LogP contribution in [0.25, 0.3) is 0 Å². The summed E-state index contributed by atoms with van der Waals surface area (Å²) in [4.78, 5) is 13.6. The second-order valence-electron chi connectivity index (χ2n) is 6.46. The number of rotatable bonds is 7. The third-order valence-corrected chi connectivity index (χ3v) is 2.79. The number of aliphatic hydroxyl groups is 1. The lowest BCUT2D eigenvalue weighted by Crippen LogP contribution is -2.43. The zero-order valence-corrected chi connectivity index (χ0v) is 14.2. The number of nitrogens with zero attached hydrogens (tertiary/aromatic N) is 1. The second-order valence-corrected chi connectivity index (χ2v) is 6.46. The van der Waals surface area contributed by atoms with Gasteiger partial charge in [0.2, 0.25) is 0 Å². The van der Waals surface area contributed by atoms with Crippen LogP contribution in [0.15, 0.2) is 16.5 Å². The first-order valence-electron chi connectivity index (χ1n) is 7.59. The maximum atomic E-state index is 12.1. The highest BCUT2D eigenvalue weighted by atomic mass is 16.6. The van der Waals surface area contributed by atoms with Crippen LogP contribution in [0.2, 0.25) is 0 Å². The Hall–Kier alpha value is -1.53. The molecule has 1 atom stereocenters. The Bertz CT molecular complexity index is 463. The van der Waals surface area contributed by atoms with Crippen LogP contribution in [0.5, 0.6) is 0 Å². The highest BCUT2D eigenvalue weighted by molar-refractivity contribution is 5.68. The van der Waals surface area contributed by atoms with Gasteiger partial charge >= 0.3 is 6.09 Å². The lowest BCUT2D eigenvalue weighted by atomic mass is 10.2. The van der Waals surface area contributed by atoms with Gasteiger partial charge in [0.1, 0.15) is 17.1 Å². The average molecular weight is 312 g/mol. The van der Waals surface area contributed by atoms with Crippen molar-refractivity contribution in [3.8, 4) is 0 Å². The van der Waals surface area contributed by atoms with Gasteiger partial charge in [-0.05, 0) is 46.8 Å². The Morgan fingerprint density at radius 1 is 1.45 bits per heavy atom. The van der Waals surface area contributed by atoms with E-state index in [2.05, 4.69) is 5.32 Å². The third-order valence-electron chi connectivity index (χ3n) is 2.79. The number of hydrogen-bond donors (Lipinski definition) is 2. The van der Waals surface area contributed by atoms with Crippen molar-refractivity contribution in [3.05, 3.63) is 23.7 Å². The third kappa shape index (κ3) is 7.47. The zero-order valence-electron chi connectivity index (χ0n) is 14.2. The number of amides is 1. The molecule has 6 heteroatoms. The predicted octanol–water partition coefficient (Wildman–Crippen LogP) is 2.30. The molecule has 0 aromatic carbocycles. The molecule has 1 aromatic rings. The Balaban J connectivity index is 2.42. The van der Waals surface area contributed by atoms with Gasteiger partial charge in [0, 0.05) is 19.6 Å². The maximum absolute atomic E-state index is 12.1. The number of carbonyl (C=O) groups is 1. The van der Waals surface area contributed by atoms with Crippen molar-refractivity contribution in [1.82, 2.24) is 10.2 Å². The Morgan fingerprint density at radius 3 is 2.64 bits per heavy atom. The number of ether oxygens (including phenoxy) is 1. The van der Waals surface area contributed by atoms with E-state index in [-0.39, 0.29) is 6.54 Å². The van der Waals surface area contributed by atoms with E-state index in [0.29, 0.717) is 19.6 Å². The Labute approximate surface area is 132 Å². The van der Waals surface area contributed by atoms with Crippen LogP contribution in [0.1, 0.15) is 39.2 Å². The molecule has 1 heterocycles. The van der Waals surface area contributed by atoms with E-state index in [9.17, 15) is 9.90 Å². The summed E-state index contributed by atoms with van der Waals surface area (Å²) in [7, 11) is 0. The van der Waals surface area contributed by atoms with Crippen molar-refractivity contribution in [3.63, 3.8) is 0 Å². The number of carbonyl (C=O) groups excluding carboxylic acids is 1. The number of furan rings is 1. The molecule has 1 aromatic heterocycles. The van der Waals surface area contributed by atoms with Crippen molar-refractivity contribution in [2.45, 2.75) is 52.9 Å². The summed E-state index contributed by atoms with van der Waals surface area (Å²) in [6.45, 7) is 10.9. The fraction of sp³-hybridized carbons (Fsp3) is 0.688. The molecule has 0 fully saturated rings. The molecule has 0 bridgehead atoms. The fourth-order valence-corrected chi connectivity index (χ4v) is 1.91. The van der Waals surface area contributed by atoms with Gasteiger partial charge in [-0.3, -0.25) is 0 Å². The molecular formula is C16H28N2O4. The first-order valence-corrected chi connectivity index (χ1v) is 7.59. The largest absolute Gasteiger partial charge is 0.465 e. The molecule has 1 amide bonds. The van der Waals surface area contributed by atoms with E-state index in [1.54, 1.807) is 6.92 Å². The van der Waals surface area contributed by atoms with Gasteiger partial charge in [-0.15, -0.1) is 0 Å². The molecule has 1 unspecified atom stereocenters. The van der Waals surface area contributed by atoms with Crippen LogP contribution in [0, 0.1) is 6.92 Å². The Morgan fingerprint density at radius 2 is 2.14 bits per heavy atom. The summed E-state index contributed by atoms with van der Waals surface area (Å²) < 4.78 is 10.8. The maximum Gasteiger partial charge on any atom is 0.410 e. The van der Waals surface area contributed by atoms with Crippen molar-refractivity contribution < 1.29 is 19.1 Å². The number of hydrogen-bond acceptors (Lipinski definition) is 5. The molecule has 0 aliphatic rings. The number of aliphatic hydroxyl groups excluding tert-OH is 1. The molecule has 6 nitrogen and oxygen atoms in total. The van der Waals surface area contributed by atoms with E-state index >= 15 is 0 Å². The van der Waals surface area contributed by atoms with Gasteiger partial charge in [0.15, 0.2) is 0 Å². The molecule has 126 valence electrons. The van der Waals surface area contributed by atoms with Crippen LogP contribution in [0.3, 0.4) is 0 Å². The first-order chi connectivity index (χ1) is 10.2. The van der Waals surface area contributed by atoms with Crippen molar-refractivity contribution in [2.24, 2.45) is 0 Å². The fourth-order valence-electron chi connectivity index (χ4n) is 1.91. The lowest BCUT2D eigenvalue weighted by molar-refractivity contribution is 0.0164. The van der Waals surface area contributed by atoms with Gasteiger partial charge in [-0.2, -0.15) is 0 Å². The van der Waals surface area contributed by atoms with Crippen LogP contribution in [0.4, 0.5) is 4.79 Å². The highest BCUT2D eigenvalue weighted by Crippen LogP contribution is 2.10. The molecule has 0 saturated heterocycles. The smallest absolute Gasteiger partial charge is 0.410 e. The van der Waals surface area contributed by atoms with Crippen LogP contribution < -0.4 is 5.32 Å². The number of aryl methyl sites for hydroxylation is 1. The summed E-state index contributed by atoms with van der Waals surface area (Å²) in [6.07, 6.45) is -1.01. The second kappa shape index (κ2) is 8.19. The molecular weight excluding hydrogens is 284 g/mol. The van der Waals surface area contributed by atoms with Gasteiger partial charge in [-0.25, -0.2) is 4.79 Å². The molecule has 1 rings (SSSR count). The zero-order chi connectivity index (χ0) is 16.8. The van der Waals surface area contributed by atoms with Gasteiger partial charge in [-0.1, -0.05) is 0 Å². The molecule has 22 heavy (non-hydrogen) atoms. The van der Waals surface area contributed by atoms with Crippen molar-refractivity contribution in [1.29, 1.82) is 0 Å². The van der Waals surface area contributed by atoms with Crippen molar-refractivity contribution >= 4 is 6.09 Å². The molecule has 2 N–H and O–H groups in total. The van der Waals surface area contributed by atoms with Crippen molar-refractivity contribution in [2.75, 3.05) is 19.6 Å². The molecule has 0 spiro atoms. The molecule has 0 aliphatic heterocycles. The lowest BCUT2D eigenvalue weighted by Gasteiger charge is -2.28. The SMILES string of the molecule is Cc1ccc(CNCCN(CC(C)O)C(=O)OC(C)(C)C)o1. The normalized spacial score (nSPS) is 13.0. The summed E-state index contributed by atoms with van der Waals surface area (Å²) in [5, 5.41) is 12.7. The van der Waals surface area contributed by atoms with Crippen LogP contribution in [-0.4, -0.2) is 47.4 Å². The van der Waals surface area contributed by atoms with Gasteiger partial charge in [0.25, 0.3) is 0 Å². The van der Waals surface area contributed by atoms with Crippen LogP contribution in [-0.2, 0) is 11.3 Å². The van der Waals surface area contributed by atoms with E-state index < -0.39 is 17.8 Å². The minimum absolute atomic E-state index is 0.246. The summed E-state index contributed by atoms with van der Waals surface area (Å²) in [5.74, 6) is 1.73. The average Bonchev–Trinajstić information content (AvgIpc) is 2.76. The minimum Gasteiger partial charge on any atom is -0.465 e. The van der Waals surface area contributed by atoms with E-state index in [1.165, 1.54) is 4.90 Å². The van der Waals surface area contributed by atoms with Gasteiger partial charge < -0.3 is 24.5 Å². The minimum atomic E-state index is -0.597. The monoisotopic (exact) mass is 312 g/mol. The highest BCUT2D eigenvalue weighted by Gasteiger charge is 2.22. The Kier molecular flexibility index (Phi) is 6.90. The summed E-state index contributed by atoms with van der Waals surface area (Å²) >= 11 is 0. The topological polar surface area (TPSA) is 74.9 Å². The van der Waals surface area contributed by atoms with E-state index in [0.717, 1.165) is 11.5 Å². The predicted molar refractivity (Wildman–Crippen MR) is 84.6 cm³/mol. The standard InChI is InChI=1S/C16H28N2O4/c1-12(19)11-18(15(20)22-16(3,4)5)9-8-17-10-14-7-6-13(2)21-14/h6-7,12,17,19H,8-11H2,1-5H3. The first kappa shape index (κ1) is 18.5. The molecule has 0 aliphatic carbocycles. The number of nitrogens with one attached hydrogen (secondary N) is 1. The molecule has 0 saturated carbocycles. The van der Waals surface area contributed by atoms with Crippen LogP contribution >= 0.6 is 0 Å². The van der Waals surface area contributed by atoms with E-state index in [1.807, 2.05) is 39.8 Å². The van der Waals surface area contributed by atoms with E-state index in [4.69, 9.17) is 9.15 Å². The summed E-state index contributed by atoms with van der Waals surface area (Å²) in [5.41, 5.74) is -0.548.